The molecule has 0 aromatic carbocycles. The van der Waals surface area contributed by atoms with Gasteiger partial charge in [-0.25, -0.2) is 0 Å². The number of nitrogens with one attached hydrogen (secondary N) is 1. The zero-order valence-electron chi connectivity index (χ0n) is 14.8. The summed E-state index contributed by atoms with van der Waals surface area (Å²) in [6, 6.07) is 1.39. The van der Waals surface area contributed by atoms with Crippen LogP contribution in [0.5, 0.6) is 0 Å². The van der Waals surface area contributed by atoms with Crippen molar-refractivity contribution in [3.8, 4) is 0 Å². The van der Waals surface area contributed by atoms with Crippen molar-refractivity contribution >= 4 is 40.0 Å². The van der Waals surface area contributed by atoms with Crippen molar-refractivity contribution in [3.63, 3.8) is 0 Å². The number of hydrogen-bond donors (Lipinski definition) is 1. The maximum absolute atomic E-state index is 13.2. The monoisotopic (exact) mass is 380 g/mol. The number of carbonyl (C=O) groups is 3. The molecule has 1 saturated heterocycles. The normalized spacial score (nSPS) is 21.9. The van der Waals surface area contributed by atoms with Crippen LogP contribution in [0.4, 0.5) is 0 Å². The van der Waals surface area contributed by atoms with E-state index >= 15 is 0 Å². The fourth-order valence-corrected chi connectivity index (χ4v) is 4.70. The molecule has 2 aliphatic rings. The summed E-state index contributed by atoms with van der Waals surface area (Å²) in [4.78, 5) is 39.6. The Morgan fingerprint density at radius 3 is 2.52 bits per heavy atom. The van der Waals surface area contributed by atoms with E-state index in [1.165, 1.54) is 23.1 Å². The van der Waals surface area contributed by atoms with Crippen LogP contribution in [0.3, 0.4) is 0 Å². The second-order valence-electron chi connectivity index (χ2n) is 7.76. The Morgan fingerprint density at radius 1 is 1.32 bits per heavy atom. The van der Waals surface area contributed by atoms with Crippen molar-refractivity contribution in [2.45, 2.75) is 57.7 Å². The molecule has 1 aromatic heterocycles. The van der Waals surface area contributed by atoms with Crippen molar-refractivity contribution < 1.29 is 14.4 Å². The highest BCUT2D eigenvalue weighted by molar-refractivity contribution is 8.14. The van der Waals surface area contributed by atoms with E-state index in [9.17, 15) is 14.4 Å². The minimum absolute atomic E-state index is 0.0545. The van der Waals surface area contributed by atoms with Crippen molar-refractivity contribution in [3.05, 3.63) is 22.4 Å². The van der Waals surface area contributed by atoms with Gasteiger partial charge in [0.15, 0.2) is 5.12 Å². The van der Waals surface area contributed by atoms with Gasteiger partial charge in [0.1, 0.15) is 6.04 Å². The van der Waals surface area contributed by atoms with Gasteiger partial charge in [0.05, 0.1) is 5.92 Å². The molecule has 3 rings (SSSR count). The van der Waals surface area contributed by atoms with E-state index in [2.05, 4.69) is 5.32 Å². The van der Waals surface area contributed by atoms with Crippen molar-refractivity contribution in [1.29, 1.82) is 0 Å². The molecule has 1 N–H and O–H groups in total. The molecule has 25 heavy (non-hydrogen) atoms. The maximum atomic E-state index is 13.2. The van der Waals surface area contributed by atoms with E-state index in [1.54, 1.807) is 4.90 Å². The predicted octanol–water partition coefficient (Wildman–Crippen LogP) is 2.97. The highest BCUT2D eigenvalue weighted by atomic mass is 32.2. The second kappa shape index (κ2) is 7.11. The first-order valence-electron chi connectivity index (χ1n) is 8.58. The molecule has 136 valence electrons. The molecule has 1 saturated carbocycles. The number of hydrogen-bond acceptors (Lipinski definition) is 5. The molecule has 1 aliphatic carbocycles. The first kappa shape index (κ1) is 18.5. The van der Waals surface area contributed by atoms with E-state index in [0.29, 0.717) is 5.75 Å². The lowest BCUT2D eigenvalue weighted by Gasteiger charge is -2.34. The number of amides is 2. The zero-order valence-corrected chi connectivity index (χ0v) is 16.4. The second-order valence-corrected chi connectivity index (χ2v) is 9.62. The van der Waals surface area contributed by atoms with Gasteiger partial charge >= 0.3 is 0 Å². The molecule has 1 aliphatic heterocycles. The lowest BCUT2D eigenvalue weighted by atomic mass is 10.0. The Hall–Kier alpha value is -1.34. The van der Waals surface area contributed by atoms with E-state index in [-0.39, 0.29) is 40.8 Å². The standard InChI is InChI=1S/C18H24N2O3S2/c1-18(2,3)19-16(22)15(11-6-7-24-9-11)20(13-4-5-13)17(23)12-8-14(21)25-10-12/h6-7,9,12-13,15H,4-5,8,10H2,1-3H3,(H,19,22)/t12-,15-/m1/s1. The minimum Gasteiger partial charge on any atom is -0.349 e. The molecule has 2 amide bonds. The number of thiophene rings is 1. The quantitative estimate of drug-likeness (QED) is 0.853. The highest BCUT2D eigenvalue weighted by Crippen LogP contribution is 2.39. The van der Waals surface area contributed by atoms with Crippen molar-refractivity contribution in [2.24, 2.45) is 5.92 Å². The summed E-state index contributed by atoms with van der Waals surface area (Å²) >= 11 is 2.75. The smallest absolute Gasteiger partial charge is 0.247 e. The minimum atomic E-state index is -0.619. The Labute approximate surface area is 156 Å². The molecular formula is C18H24N2O3S2. The molecule has 7 heteroatoms. The first-order valence-corrected chi connectivity index (χ1v) is 10.5. The Kier molecular flexibility index (Phi) is 5.25. The Morgan fingerprint density at radius 2 is 2.04 bits per heavy atom. The van der Waals surface area contributed by atoms with Gasteiger partial charge in [-0.15, -0.1) is 0 Å². The molecule has 2 atom stereocenters. The number of nitrogens with zero attached hydrogens (tertiary/aromatic N) is 1. The van der Waals surface area contributed by atoms with Gasteiger partial charge in [0, 0.05) is 23.8 Å². The fourth-order valence-electron chi connectivity index (χ4n) is 3.06. The van der Waals surface area contributed by atoms with Gasteiger partial charge in [0.25, 0.3) is 0 Å². The van der Waals surface area contributed by atoms with Crippen LogP contribution in [0.15, 0.2) is 16.8 Å². The van der Waals surface area contributed by atoms with Crippen molar-refractivity contribution in [1.82, 2.24) is 10.2 Å². The number of thioether (sulfide) groups is 1. The van der Waals surface area contributed by atoms with Crippen LogP contribution in [0, 0.1) is 5.92 Å². The average molecular weight is 381 g/mol. The SMILES string of the molecule is CC(C)(C)NC(=O)[C@@H](c1ccsc1)N(C(=O)[C@H]1CSC(=O)C1)C1CC1. The van der Waals surface area contributed by atoms with Crippen molar-refractivity contribution in [2.75, 3.05) is 5.75 Å². The summed E-state index contributed by atoms with van der Waals surface area (Å²) in [6.45, 7) is 5.81. The summed E-state index contributed by atoms with van der Waals surface area (Å²) in [6.07, 6.45) is 2.12. The Bertz CT molecular complexity index is 662. The molecule has 0 radical (unpaired) electrons. The average Bonchev–Trinajstić information content (AvgIpc) is 3.02. The molecule has 0 spiro atoms. The molecule has 5 nitrogen and oxygen atoms in total. The topological polar surface area (TPSA) is 66.5 Å². The van der Waals surface area contributed by atoms with E-state index in [4.69, 9.17) is 0 Å². The zero-order chi connectivity index (χ0) is 18.2. The lowest BCUT2D eigenvalue weighted by molar-refractivity contribution is -0.145. The summed E-state index contributed by atoms with van der Waals surface area (Å²) in [5, 5.41) is 6.96. The molecule has 0 unspecified atom stereocenters. The third-order valence-corrected chi connectivity index (χ3v) is 6.05. The Balaban J connectivity index is 1.90. The van der Waals surface area contributed by atoms with E-state index < -0.39 is 6.04 Å². The first-order chi connectivity index (χ1) is 11.8. The lowest BCUT2D eigenvalue weighted by Crippen LogP contribution is -2.51. The molecule has 2 fully saturated rings. The van der Waals surface area contributed by atoms with Crippen LogP contribution in [0.25, 0.3) is 0 Å². The summed E-state index contributed by atoms with van der Waals surface area (Å²) in [5.74, 6) is 0.0175. The van der Waals surface area contributed by atoms with Crippen LogP contribution in [-0.2, 0) is 14.4 Å². The molecule has 2 heterocycles. The molecule has 1 aromatic rings. The third-order valence-electron chi connectivity index (χ3n) is 4.29. The fraction of sp³-hybridized carbons (Fsp3) is 0.611. The van der Waals surface area contributed by atoms with Crippen LogP contribution in [0.1, 0.15) is 51.6 Å². The van der Waals surface area contributed by atoms with E-state index in [1.807, 2.05) is 37.6 Å². The van der Waals surface area contributed by atoms with Crippen LogP contribution >= 0.6 is 23.1 Å². The third kappa shape index (κ3) is 4.44. The number of rotatable bonds is 5. The highest BCUT2D eigenvalue weighted by Gasteiger charge is 2.45. The van der Waals surface area contributed by atoms with Gasteiger partial charge in [0.2, 0.25) is 11.8 Å². The maximum Gasteiger partial charge on any atom is 0.247 e. The largest absolute Gasteiger partial charge is 0.349 e. The van der Waals surface area contributed by atoms with E-state index in [0.717, 1.165) is 18.4 Å². The predicted molar refractivity (Wildman–Crippen MR) is 100 cm³/mol. The van der Waals surface area contributed by atoms with Crippen LogP contribution < -0.4 is 5.32 Å². The van der Waals surface area contributed by atoms with Crippen LogP contribution in [-0.4, -0.2) is 39.2 Å². The molecule has 0 bridgehead atoms. The van der Waals surface area contributed by atoms with Gasteiger partial charge < -0.3 is 10.2 Å². The van der Waals surface area contributed by atoms with Gasteiger partial charge in [-0.2, -0.15) is 11.3 Å². The van der Waals surface area contributed by atoms with Gasteiger partial charge in [-0.3, -0.25) is 14.4 Å². The van der Waals surface area contributed by atoms with Gasteiger partial charge in [-0.05, 0) is 56.0 Å². The number of carbonyl (C=O) groups excluding carboxylic acids is 3. The molecular weight excluding hydrogens is 356 g/mol. The summed E-state index contributed by atoms with van der Waals surface area (Å²) < 4.78 is 0. The van der Waals surface area contributed by atoms with Crippen LogP contribution in [0.2, 0.25) is 0 Å². The summed E-state index contributed by atoms with van der Waals surface area (Å²) in [7, 11) is 0. The summed E-state index contributed by atoms with van der Waals surface area (Å²) in [5.41, 5.74) is 0.479. The van der Waals surface area contributed by atoms with Gasteiger partial charge in [-0.1, -0.05) is 11.8 Å².